The number of likely N-dealkylation sites (N-methyl/N-ethyl adjacent to an activating group) is 1. The Morgan fingerprint density at radius 3 is 2.61 bits per heavy atom. The van der Waals surface area contributed by atoms with Gasteiger partial charge in [0.05, 0.1) is 11.1 Å². The van der Waals surface area contributed by atoms with Crippen LogP contribution in [-0.2, 0) is 16.6 Å². The maximum atomic E-state index is 12.1. The van der Waals surface area contributed by atoms with E-state index in [-0.39, 0.29) is 29.9 Å². The zero-order chi connectivity index (χ0) is 17.0. The van der Waals surface area contributed by atoms with E-state index in [1.54, 1.807) is 11.9 Å². The third-order valence-corrected chi connectivity index (χ3v) is 4.25. The summed E-state index contributed by atoms with van der Waals surface area (Å²) in [5.74, 6) is -1.00. The van der Waals surface area contributed by atoms with Crippen LogP contribution in [0, 0.1) is 10.1 Å². The Bertz CT molecular complexity index is 604. The van der Waals surface area contributed by atoms with Gasteiger partial charge in [0.25, 0.3) is 11.6 Å². The number of carbonyl (C=O) groups is 2. The third kappa shape index (κ3) is 4.08. The second kappa shape index (κ2) is 7.26. The summed E-state index contributed by atoms with van der Waals surface area (Å²) < 4.78 is 6.32. The van der Waals surface area contributed by atoms with Crippen LogP contribution in [0.4, 0.5) is 5.69 Å². The van der Waals surface area contributed by atoms with Gasteiger partial charge in [-0.2, -0.15) is 0 Å². The molecule has 0 aromatic carbocycles. The van der Waals surface area contributed by atoms with Gasteiger partial charge in [0, 0.05) is 26.2 Å². The van der Waals surface area contributed by atoms with Crippen LogP contribution in [0.15, 0.2) is 12.3 Å². The van der Waals surface area contributed by atoms with Crippen molar-refractivity contribution in [2.75, 3.05) is 13.7 Å². The molecule has 0 atom stereocenters. The average molecular weight is 323 g/mol. The minimum Gasteiger partial charge on any atom is -0.451 e. The molecule has 1 fully saturated rings. The number of nitro groups is 1. The van der Waals surface area contributed by atoms with Crippen LogP contribution < -0.4 is 0 Å². The molecule has 0 spiro atoms. The van der Waals surface area contributed by atoms with Crippen molar-refractivity contribution < 1.29 is 19.2 Å². The highest BCUT2D eigenvalue weighted by atomic mass is 16.6. The first-order valence-electron chi connectivity index (χ1n) is 7.63. The highest BCUT2D eigenvalue weighted by Gasteiger charge is 2.24. The Balaban J connectivity index is 1.90. The van der Waals surface area contributed by atoms with E-state index in [0.717, 1.165) is 31.7 Å². The molecule has 1 aromatic heterocycles. The van der Waals surface area contributed by atoms with Crippen LogP contribution in [0.3, 0.4) is 0 Å². The Morgan fingerprint density at radius 1 is 1.39 bits per heavy atom. The molecule has 0 aliphatic heterocycles. The van der Waals surface area contributed by atoms with E-state index in [9.17, 15) is 19.7 Å². The van der Waals surface area contributed by atoms with Crippen molar-refractivity contribution in [1.29, 1.82) is 0 Å². The molecule has 1 aliphatic carbocycles. The first-order chi connectivity index (χ1) is 10.9. The number of aromatic nitrogens is 1. The smallest absolute Gasteiger partial charge is 0.355 e. The molecule has 2 rings (SSSR count). The summed E-state index contributed by atoms with van der Waals surface area (Å²) in [5.41, 5.74) is -0.144. The molecule has 0 N–H and O–H groups in total. The first-order valence-corrected chi connectivity index (χ1v) is 7.63. The quantitative estimate of drug-likeness (QED) is 0.468. The number of rotatable bonds is 5. The average Bonchev–Trinajstić information content (AvgIpc) is 2.94. The molecule has 1 amide bonds. The number of ether oxygens (including phenoxy) is 1. The number of carbonyl (C=O) groups excluding carboxylic acids is 2. The number of hydrogen-bond acceptors (Lipinski definition) is 5. The standard InChI is InChI=1S/C15H21N3O5/c1-16-9-12(18(21)22)8-13(16)15(20)23-10-14(19)17(2)11-6-4-3-5-7-11/h8-9,11H,3-7,10H2,1-2H3. The molecule has 8 heteroatoms. The Labute approximate surface area is 134 Å². The van der Waals surface area contributed by atoms with Gasteiger partial charge in [0.1, 0.15) is 5.69 Å². The van der Waals surface area contributed by atoms with E-state index in [4.69, 9.17) is 4.74 Å². The van der Waals surface area contributed by atoms with Crippen molar-refractivity contribution in [2.24, 2.45) is 7.05 Å². The summed E-state index contributed by atoms with van der Waals surface area (Å²) in [4.78, 5) is 35.8. The topological polar surface area (TPSA) is 94.7 Å². The van der Waals surface area contributed by atoms with E-state index < -0.39 is 10.9 Å². The zero-order valence-electron chi connectivity index (χ0n) is 13.4. The summed E-state index contributed by atoms with van der Waals surface area (Å²) >= 11 is 0. The fourth-order valence-electron chi connectivity index (χ4n) is 2.82. The second-order valence-electron chi connectivity index (χ2n) is 5.82. The summed E-state index contributed by atoms with van der Waals surface area (Å²) in [6.45, 7) is -0.356. The lowest BCUT2D eigenvalue weighted by atomic mass is 9.94. The molecule has 0 unspecified atom stereocenters. The normalized spacial score (nSPS) is 15.2. The summed E-state index contributed by atoms with van der Waals surface area (Å²) in [7, 11) is 3.24. The number of esters is 1. The van der Waals surface area contributed by atoms with Crippen molar-refractivity contribution in [3.05, 3.63) is 28.1 Å². The zero-order valence-corrected chi connectivity index (χ0v) is 13.4. The number of nitrogens with zero attached hydrogens (tertiary/aromatic N) is 3. The Hall–Kier alpha value is -2.38. The molecule has 126 valence electrons. The summed E-state index contributed by atoms with van der Waals surface area (Å²) in [5, 5.41) is 10.7. The van der Waals surface area contributed by atoms with E-state index in [2.05, 4.69) is 0 Å². The summed E-state index contributed by atoms with van der Waals surface area (Å²) in [6, 6.07) is 1.34. The largest absolute Gasteiger partial charge is 0.451 e. The Kier molecular flexibility index (Phi) is 5.36. The van der Waals surface area contributed by atoms with Crippen LogP contribution in [0.25, 0.3) is 0 Å². The van der Waals surface area contributed by atoms with Gasteiger partial charge in [-0.15, -0.1) is 0 Å². The first kappa shape index (κ1) is 17.0. The molecular formula is C15H21N3O5. The van der Waals surface area contributed by atoms with Crippen molar-refractivity contribution in [1.82, 2.24) is 9.47 Å². The highest BCUT2D eigenvalue weighted by Crippen LogP contribution is 2.22. The van der Waals surface area contributed by atoms with Crippen molar-refractivity contribution in [3.8, 4) is 0 Å². The monoisotopic (exact) mass is 323 g/mol. The molecule has 8 nitrogen and oxygen atoms in total. The fraction of sp³-hybridized carbons (Fsp3) is 0.600. The Morgan fingerprint density at radius 2 is 2.04 bits per heavy atom. The lowest BCUT2D eigenvalue weighted by Crippen LogP contribution is -2.40. The van der Waals surface area contributed by atoms with Gasteiger partial charge in [-0.05, 0) is 12.8 Å². The third-order valence-electron chi connectivity index (χ3n) is 4.25. The highest BCUT2D eigenvalue weighted by molar-refractivity contribution is 5.90. The van der Waals surface area contributed by atoms with Gasteiger partial charge in [-0.3, -0.25) is 14.9 Å². The van der Waals surface area contributed by atoms with Crippen LogP contribution in [0.5, 0.6) is 0 Å². The second-order valence-corrected chi connectivity index (χ2v) is 5.82. The lowest BCUT2D eigenvalue weighted by molar-refractivity contribution is -0.384. The number of amides is 1. The molecule has 1 heterocycles. The number of hydrogen-bond donors (Lipinski definition) is 0. The van der Waals surface area contributed by atoms with Gasteiger partial charge in [0.15, 0.2) is 6.61 Å². The van der Waals surface area contributed by atoms with Gasteiger partial charge in [-0.25, -0.2) is 4.79 Å². The van der Waals surface area contributed by atoms with Gasteiger partial charge >= 0.3 is 5.97 Å². The predicted octanol–water partition coefficient (Wildman–Crippen LogP) is 1.88. The van der Waals surface area contributed by atoms with E-state index >= 15 is 0 Å². The molecule has 1 saturated carbocycles. The van der Waals surface area contributed by atoms with Crippen LogP contribution in [0.2, 0.25) is 0 Å². The van der Waals surface area contributed by atoms with Crippen LogP contribution >= 0.6 is 0 Å². The molecule has 1 aromatic rings. The lowest BCUT2D eigenvalue weighted by Gasteiger charge is -2.31. The van der Waals surface area contributed by atoms with Crippen molar-refractivity contribution in [2.45, 2.75) is 38.1 Å². The maximum Gasteiger partial charge on any atom is 0.355 e. The van der Waals surface area contributed by atoms with Crippen molar-refractivity contribution >= 4 is 17.6 Å². The SMILES string of the molecule is CN(C(=O)COC(=O)c1cc([N+](=O)[O-])cn1C)C1CCCCC1. The minimum absolute atomic E-state index is 0.0461. The number of aryl methyl sites for hydroxylation is 1. The van der Waals surface area contributed by atoms with Crippen LogP contribution in [-0.4, -0.2) is 46.0 Å². The minimum atomic E-state index is -0.744. The molecule has 0 bridgehead atoms. The molecule has 0 saturated heterocycles. The van der Waals surface area contributed by atoms with Crippen LogP contribution in [0.1, 0.15) is 42.6 Å². The molecule has 23 heavy (non-hydrogen) atoms. The molecule has 0 radical (unpaired) electrons. The van der Waals surface area contributed by atoms with Gasteiger partial charge < -0.3 is 14.2 Å². The predicted molar refractivity (Wildman–Crippen MR) is 82.0 cm³/mol. The van der Waals surface area contributed by atoms with Gasteiger partial charge in [-0.1, -0.05) is 19.3 Å². The maximum absolute atomic E-state index is 12.1. The molecule has 1 aliphatic rings. The van der Waals surface area contributed by atoms with E-state index in [0.29, 0.717) is 0 Å². The van der Waals surface area contributed by atoms with Gasteiger partial charge in [0.2, 0.25) is 0 Å². The molecular weight excluding hydrogens is 302 g/mol. The summed E-state index contributed by atoms with van der Waals surface area (Å²) in [6.07, 6.45) is 6.58. The fourth-order valence-corrected chi connectivity index (χ4v) is 2.82. The van der Waals surface area contributed by atoms with E-state index in [1.807, 2.05) is 0 Å². The van der Waals surface area contributed by atoms with E-state index in [1.165, 1.54) is 24.2 Å². The van der Waals surface area contributed by atoms with Crippen molar-refractivity contribution in [3.63, 3.8) is 0 Å².